The van der Waals surface area contributed by atoms with Crippen molar-refractivity contribution >= 4 is 5.91 Å². The summed E-state index contributed by atoms with van der Waals surface area (Å²) >= 11 is 0. The van der Waals surface area contributed by atoms with E-state index in [1.807, 2.05) is 36.1 Å². The van der Waals surface area contributed by atoms with Crippen molar-refractivity contribution in [1.29, 1.82) is 5.26 Å². The largest absolute Gasteiger partial charge is 0.492 e. The number of para-hydroxylation sites is 1. The molecule has 1 unspecified atom stereocenters. The van der Waals surface area contributed by atoms with Crippen LogP contribution in [-0.4, -0.2) is 30.5 Å². The van der Waals surface area contributed by atoms with Gasteiger partial charge in [0.2, 0.25) is 5.91 Å². The van der Waals surface area contributed by atoms with Gasteiger partial charge in [0.15, 0.2) is 0 Å². The minimum Gasteiger partial charge on any atom is -0.492 e. The third-order valence-corrected chi connectivity index (χ3v) is 4.68. The fraction of sp³-hybridized carbons (Fsp3) is 0.529. The topological polar surface area (TPSA) is 53.3 Å². The highest BCUT2D eigenvalue weighted by Gasteiger charge is 2.35. The van der Waals surface area contributed by atoms with Gasteiger partial charge in [0.25, 0.3) is 0 Å². The van der Waals surface area contributed by atoms with Gasteiger partial charge in [-0.2, -0.15) is 5.26 Å². The second-order valence-electron chi connectivity index (χ2n) is 6.32. The van der Waals surface area contributed by atoms with Crippen molar-refractivity contribution < 1.29 is 9.53 Å². The van der Waals surface area contributed by atoms with Crippen LogP contribution in [0.4, 0.5) is 0 Å². The molecule has 1 saturated heterocycles. The first-order valence-corrected chi connectivity index (χ1v) is 7.52. The third kappa shape index (κ3) is 2.73. The van der Waals surface area contributed by atoms with E-state index in [1.165, 1.54) is 0 Å². The van der Waals surface area contributed by atoms with Crippen molar-refractivity contribution in [3.63, 3.8) is 0 Å². The van der Waals surface area contributed by atoms with Crippen LogP contribution in [0.2, 0.25) is 0 Å². The maximum absolute atomic E-state index is 12.6. The molecule has 0 N–H and O–H groups in total. The Labute approximate surface area is 125 Å². The number of hydrogen-bond acceptors (Lipinski definition) is 3. The molecule has 2 aliphatic rings. The molecule has 2 heterocycles. The molecule has 0 aliphatic carbocycles. The molecule has 1 fully saturated rings. The number of likely N-dealkylation sites (tertiary alicyclic amines) is 1. The monoisotopic (exact) mass is 284 g/mol. The second kappa shape index (κ2) is 5.40. The fourth-order valence-electron chi connectivity index (χ4n) is 3.08. The predicted octanol–water partition coefficient (Wildman–Crippen LogP) is 2.39. The summed E-state index contributed by atoms with van der Waals surface area (Å²) in [6, 6.07) is 10.3. The lowest BCUT2D eigenvalue weighted by Crippen LogP contribution is -2.46. The molecule has 4 nitrogen and oxygen atoms in total. The molecule has 21 heavy (non-hydrogen) atoms. The highest BCUT2D eigenvalue weighted by Crippen LogP contribution is 2.32. The Balaban J connectivity index is 1.64. The molecule has 2 aliphatic heterocycles. The predicted molar refractivity (Wildman–Crippen MR) is 78.7 cm³/mol. The smallest absolute Gasteiger partial charge is 0.229 e. The molecule has 3 rings (SSSR count). The number of hydrogen-bond donors (Lipinski definition) is 0. The Morgan fingerprint density at radius 2 is 2.10 bits per heavy atom. The van der Waals surface area contributed by atoms with Crippen LogP contribution in [0.3, 0.4) is 0 Å². The summed E-state index contributed by atoms with van der Waals surface area (Å²) in [7, 11) is 0. The number of carbonyl (C=O) groups excluding carboxylic acids is 1. The Bertz CT molecular complexity index is 583. The molecule has 4 heteroatoms. The summed E-state index contributed by atoms with van der Waals surface area (Å²) in [5.74, 6) is 0.980. The lowest BCUT2D eigenvalue weighted by molar-refractivity contribution is -0.138. The van der Waals surface area contributed by atoms with Crippen molar-refractivity contribution in [3.8, 4) is 11.8 Å². The standard InChI is InChI=1S/C17H20N2O2/c1-17(12-18)6-8-19(9-7-17)16(20)14-10-13-4-2-3-5-15(13)21-11-14/h2-5,14H,6-11H2,1H3. The van der Waals surface area contributed by atoms with E-state index in [1.54, 1.807) is 0 Å². The molecule has 1 amide bonds. The zero-order chi connectivity index (χ0) is 14.9. The normalized spacial score (nSPS) is 23.6. The third-order valence-electron chi connectivity index (χ3n) is 4.68. The Kier molecular flexibility index (Phi) is 3.59. The van der Waals surface area contributed by atoms with Gasteiger partial charge < -0.3 is 9.64 Å². The molecule has 0 spiro atoms. The number of rotatable bonds is 1. The molecule has 1 atom stereocenters. The first-order valence-electron chi connectivity index (χ1n) is 7.52. The van der Waals surface area contributed by atoms with Crippen LogP contribution in [0.5, 0.6) is 5.75 Å². The zero-order valence-corrected chi connectivity index (χ0v) is 12.3. The summed E-state index contributed by atoms with van der Waals surface area (Å²) < 4.78 is 5.71. The number of nitriles is 1. The van der Waals surface area contributed by atoms with Crippen molar-refractivity contribution in [2.45, 2.75) is 26.2 Å². The lowest BCUT2D eigenvalue weighted by atomic mass is 9.81. The summed E-state index contributed by atoms with van der Waals surface area (Å²) in [6.07, 6.45) is 2.28. The van der Waals surface area contributed by atoms with Crippen LogP contribution >= 0.6 is 0 Å². The van der Waals surface area contributed by atoms with Gasteiger partial charge in [0.1, 0.15) is 12.4 Å². The van der Waals surface area contributed by atoms with Gasteiger partial charge in [0, 0.05) is 13.1 Å². The summed E-state index contributed by atoms with van der Waals surface area (Å²) in [5.41, 5.74) is 0.841. The van der Waals surface area contributed by atoms with Crippen LogP contribution in [0.15, 0.2) is 24.3 Å². The van der Waals surface area contributed by atoms with Gasteiger partial charge in [-0.15, -0.1) is 0 Å². The van der Waals surface area contributed by atoms with E-state index in [9.17, 15) is 4.79 Å². The fourth-order valence-corrected chi connectivity index (χ4v) is 3.08. The van der Waals surface area contributed by atoms with Crippen molar-refractivity contribution in [1.82, 2.24) is 4.90 Å². The van der Waals surface area contributed by atoms with Crippen LogP contribution in [0, 0.1) is 22.7 Å². The van der Waals surface area contributed by atoms with Crippen molar-refractivity contribution in [3.05, 3.63) is 29.8 Å². The number of piperidine rings is 1. The van der Waals surface area contributed by atoms with Gasteiger partial charge in [-0.3, -0.25) is 4.79 Å². The van der Waals surface area contributed by atoms with Crippen LogP contribution in [0.1, 0.15) is 25.3 Å². The van der Waals surface area contributed by atoms with Crippen molar-refractivity contribution in [2.24, 2.45) is 11.3 Å². The molecule has 1 aromatic rings. The van der Waals surface area contributed by atoms with Crippen LogP contribution in [0.25, 0.3) is 0 Å². The van der Waals surface area contributed by atoms with Gasteiger partial charge >= 0.3 is 0 Å². The van der Waals surface area contributed by atoms with Crippen LogP contribution < -0.4 is 4.74 Å². The molecule has 110 valence electrons. The number of ether oxygens (including phenoxy) is 1. The minimum absolute atomic E-state index is 0.0914. The molecule has 0 bridgehead atoms. The first kappa shape index (κ1) is 13.9. The van der Waals surface area contributed by atoms with E-state index in [2.05, 4.69) is 6.07 Å². The maximum atomic E-state index is 12.6. The highest BCUT2D eigenvalue weighted by atomic mass is 16.5. The minimum atomic E-state index is -0.271. The molecule has 0 saturated carbocycles. The van der Waals surface area contributed by atoms with Crippen LogP contribution in [-0.2, 0) is 11.2 Å². The maximum Gasteiger partial charge on any atom is 0.229 e. The Morgan fingerprint density at radius 1 is 1.38 bits per heavy atom. The average Bonchev–Trinajstić information content (AvgIpc) is 2.54. The second-order valence-corrected chi connectivity index (χ2v) is 6.32. The quantitative estimate of drug-likeness (QED) is 0.795. The summed E-state index contributed by atoms with van der Waals surface area (Å²) in [5, 5.41) is 9.16. The van der Waals surface area contributed by atoms with E-state index in [0.29, 0.717) is 19.7 Å². The zero-order valence-electron chi connectivity index (χ0n) is 12.3. The lowest BCUT2D eigenvalue weighted by Gasteiger charge is -2.37. The average molecular weight is 284 g/mol. The van der Waals surface area contributed by atoms with E-state index < -0.39 is 0 Å². The van der Waals surface area contributed by atoms with Gasteiger partial charge in [-0.25, -0.2) is 0 Å². The number of carbonyl (C=O) groups is 1. The summed E-state index contributed by atoms with van der Waals surface area (Å²) in [6.45, 7) is 3.80. The SMILES string of the molecule is CC1(C#N)CCN(C(=O)C2COc3ccccc3C2)CC1. The number of nitrogens with zero attached hydrogens (tertiary/aromatic N) is 2. The number of fused-ring (bicyclic) bond motifs is 1. The van der Waals surface area contributed by atoms with Crippen molar-refractivity contribution in [2.75, 3.05) is 19.7 Å². The highest BCUT2D eigenvalue weighted by molar-refractivity contribution is 5.80. The van der Waals surface area contributed by atoms with E-state index >= 15 is 0 Å². The van der Waals surface area contributed by atoms with E-state index in [4.69, 9.17) is 10.00 Å². The molecular formula is C17H20N2O2. The molecule has 0 radical (unpaired) electrons. The number of benzene rings is 1. The molecule has 1 aromatic carbocycles. The summed E-state index contributed by atoms with van der Waals surface area (Å²) in [4.78, 5) is 14.5. The van der Waals surface area contributed by atoms with Gasteiger partial charge in [-0.1, -0.05) is 18.2 Å². The van der Waals surface area contributed by atoms with Gasteiger partial charge in [-0.05, 0) is 37.8 Å². The first-order chi connectivity index (χ1) is 10.1. The molecular weight excluding hydrogens is 264 g/mol. The Morgan fingerprint density at radius 3 is 2.81 bits per heavy atom. The van der Waals surface area contributed by atoms with E-state index in [0.717, 1.165) is 30.6 Å². The van der Waals surface area contributed by atoms with Gasteiger partial charge in [0.05, 0.1) is 17.4 Å². The number of amides is 1. The van der Waals surface area contributed by atoms with E-state index in [-0.39, 0.29) is 17.2 Å². The Hall–Kier alpha value is -2.02. The molecule has 0 aromatic heterocycles.